The molecule has 5 heterocycles. The van der Waals surface area contributed by atoms with Crippen molar-refractivity contribution in [3.8, 4) is 11.5 Å². The highest BCUT2D eigenvalue weighted by Crippen LogP contribution is 2.50. The van der Waals surface area contributed by atoms with Crippen LogP contribution in [0.3, 0.4) is 0 Å². The summed E-state index contributed by atoms with van der Waals surface area (Å²) in [6.07, 6.45) is 22.9. The molecule has 6 saturated carbocycles. The van der Waals surface area contributed by atoms with E-state index in [9.17, 15) is 77.2 Å². The molecule has 5 aromatic heterocycles. The zero-order valence-corrected chi connectivity index (χ0v) is 92.1. The molecule has 0 spiro atoms. The quantitative estimate of drug-likeness (QED) is 0.0143. The number of halogens is 12. The first-order chi connectivity index (χ1) is 68.4. The topological polar surface area (TPSA) is 366 Å². The third kappa shape index (κ3) is 30.6. The van der Waals surface area contributed by atoms with Gasteiger partial charge in [-0.2, -0.15) is 13.2 Å². The second-order valence-corrected chi connectivity index (χ2v) is 52.0. The number of likely N-dealkylation sites (N-methyl/N-ethyl adjacent to an activating group) is 5. The Morgan fingerprint density at radius 3 is 1.02 bits per heavy atom. The molecule has 8 N–H and O–H groups in total. The summed E-state index contributed by atoms with van der Waals surface area (Å²) in [5.41, 5.74) is 2.52. The number of rotatable bonds is 32. The average molecular weight is 2290 g/mol. The van der Waals surface area contributed by atoms with E-state index in [1.807, 2.05) is 56.4 Å². The second-order valence-electron chi connectivity index (χ2n) is 37.3. The van der Waals surface area contributed by atoms with Gasteiger partial charge < -0.3 is 49.9 Å². The third-order valence-electron chi connectivity index (χ3n) is 25.7. The van der Waals surface area contributed by atoms with Crippen LogP contribution in [-0.4, -0.2) is 229 Å². The SMILES string of the molecule is CN(C)C1CCCC[C@H]1Oc1cc(F)c(S(=O)(=O)Nc2nccs2)cc1C1CC1.CN(C)[C@H]1CC(C(F)(F)F)=CC[C@@H]1Nc1cc(F)c(S(=O)(=O)Nc2nccs2)cc1Cl.CN(C)[C@H]1CCCC[C@@H]1Nc1cc(F)c(S(=O)(=O)Nc2ncc(Cl)s2)cc1Cl.CN(C)[C@H]1CCCC[C@@H]1Oc1cc(F)c(S(=O)(=O)Nc2nccs2)cc1C1CC1.Cc1csc(NS(=O)(=O)c2cc(Cl)c(N[C@H]3CCCC[C@@H]3N(C)C)cc2F)n1. The summed E-state index contributed by atoms with van der Waals surface area (Å²) in [5.74, 6) is -2.99. The van der Waals surface area contributed by atoms with Crippen molar-refractivity contribution in [2.24, 2.45) is 0 Å². The number of hydrogen-bond acceptors (Lipinski definition) is 30. The molecule has 17 rings (SSSR count). The molecule has 0 radical (unpaired) electrons. The molecule has 6 fully saturated rings. The highest BCUT2D eigenvalue weighted by atomic mass is 35.5. The first kappa shape index (κ1) is 114. The van der Waals surface area contributed by atoms with Gasteiger partial charge in [0.05, 0.1) is 44.0 Å². The maximum Gasteiger partial charge on any atom is 0.412 e. The van der Waals surface area contributed by atoms with Crippen molar-refractivity contribution in [3.63, 3.8) is 0 Å². The minimum absolute atomic E-state index is 0.0217. The van der Waals surface area contributed by atoms with Gasteiger partial charge >= 0.3 is 6.18 Å². The van der Waals surface area contributed by atoms with Crippen LogP contribution in [0.4, 0.5) is 77.8 Å². The Bertz CT molecular complexity index is 6430. The Hall–Kier alpha value is -7.86. The van der Waals surface area contributed by atoms with Gasteiger partial charge in [0.25, 0.3) is 50.1 Å². The van der Waals surface area contributed by atoms with Crippen LogP contribution in [0.2, 0.25) is 19.4 Å². The number of nitrogens with zero attached hydrogens (tertiary/aromatic N) is 10. The number of hydrogen-bond donors (Lipinski definition) is 8. The highest BCUT2D eigenvalue weighted by molar-refractivity contribution is 7.94. The lowest BCUT2D eigenvalue weighted by Gasteiger charge is -2.37. The van der Waals surface area contributed by atoms with Crippen LogP contribution >= 0.6 is 103 Å². The fraction of sp³-hybridized carbons (Fsp3) is 0.495. The molecule has 0 aliphatic heterocycles. The fourth-order valence-electron chi connectivity index (χ4n) is 18.2. The zero-order chi connectivity index (χ0) is 105. The molecule has 10 atom stereocenters. The Balaban J connectivity index is 0.000000152. The highest BCUT2D eigenvalue weighted by Gasteiger charge is 2.43. The van der Waals surface area contributed by atoms with Crippen LogP contribution in [0, 0.1) is 36.0 Å². The maximum absolute atomic E-state index is 14.9. The number of aryl methyl sites for hydroxylation is 1. The zero-order valence-electron chi connectivity index (χ0n) is 80.9. The van der Waals surface area contributed by atoms with Gasteiger partial charge in [-0.3, -0.25) is 23.6 Å². The Labute approximate surface area is 881 Å². The third-order valence-corrected chi connectivity index (χ3v) is 38.1. The van der Waals surface area contributed by atoms with Gasteiger partial charge in [-0.25, -0.2) is 89.0 Å². The predicted octanol–water partition coefficient (Wildman–Crippen LogP) is 22.2. The summed E-state index contributed by atoms with van der Waals surface area (Å²) in [7, 11) is -1.17. The molecule has 30 nitrogen and oxygen atoms in total. The molecule has 5 aromatic carbocycles. The monoisotopic (exact) mass is 2290 g/mol. The number of ether oxygens (including phenoxy) is 2. The van der Waals surface area contributed by atoms with Gasteiger partial charge in [0, 0.05) is 106 Å². The first-order valence-electron chi connectivity index (χ1n) is 46.6. The smallest absolute Gasteiger partial charge is 0.412 e. The van der Waals surface area contributed by atoms with Gasteiger partial charge in [-0.1, -0.05) is 102 Å². The number of alkyl halides is 3. The Morgan fingerprint density at radius 2 is 0.703 bits per heavy atom. The summed E-state index contributed by atoms with van der Waals surface area (Å²) >= 11 is 30.0. The number of benzene rings is 5. The Kier molecular flexibility index (Phi) is 39.0. The average Bonchev–Trinajstić information content (AvgIpc) is 1.68. The molecular weight excluding hydrogens is 2180 g/mol. The first-order valence-corrected chi connectivity index (χ1v) is 59.9. The normalized spacial score (nSPS) is 21.2. The minimum Gasteiger partial charge on any atom is -0.488 e. The van der Waals surface area contributed by atoms with Crippen molar-refractivity contribution in [2.45, 2.75) is 251 Å². The van der Waals surface area contributed by atoms with Crippen molar-refractivity contribution in [3.05, 3.63) is 184 Å². The van der Waals surface area contributed by atoms with E-state index in [0.717, 1.165) is 239 Å². The molecule has 7 aliphatic rings. The number of nitrogens with one attached hydrogen (secondary N) is 8. The van der Waals surface area contributed by atoms with Crippen LogP contribution in [-0.2, 0) is 50.1 Å². The van der Waals surface area contributed by atoms with Crippen LogP contribution in [0.25, 0.3) is 0 Å². The van der Waals surface area contributed by atoms with Crippen molar-refractivity contribution < 1.29 is 86.7 Å². The van der Waals surface area contributed by atoms with Crippen molar-refractivity contribution >= 4 is 196 Å². The van der Waals surface area contributed by atoms with Crippen LogP contribution < -0.4 is 49.0 Å². The van der Waals surface area contributed by atoms with E-state index in [-0.39, 0.29) is 117 Å². The lowest BCUT2D eigenvalue weighted by Crippen LogP contribution is -2.46. The summed E-state index contributed by atoms with van der Waals surface area (Å²) in [4.78, 5) is 27.4. The fourth-order valence-corrected chi connectivity index (χ4v) is 28.9. The molecule has 794 valence electrons. The van der Waals surface area contributed by atoms with Crippen molar-refractivity contribution in [2.75, 3.05) is 110 Å². The molecule has 52 heteroatoms. The van der Waals surface area contributed by atoms with Crippen LogP contribution in [0.5, 0.6) is 11.5 Å². The van der Waals surface area contributed by atoms with Crippen molar-refractivity contribution in [1.29, 1.82) is 0 Å². The predicted molar refractivity (Wildman–Crippen MR) is 561 cm³/mol. The Morgan fingerprint density at radius 1 is 0.379 bits per heavy atom. The second kappa shape index (κ2) is 49.5. The summed E-state index contributed by atoms with van der Waals surface area (Å²) < 4.78 is 263. The van der Waals surface area contributed by atoms with Gasteiger partial charge in [0.15, 0.2) is 25.7 Å². The lowest BCUT2D eigenvalue weighted by molar-refractivity contribution is -0.0970. The van der Waals surface area contributed by atoms with Crippen LogP contribution in [0.15, 0.2) is 143 Å². The maximum atomic E-state index is 14.9. The van der Waals surface area contributed by atoms with Gasteiger partial charge in [0.1, 0.15) is 81.6 Å². The molecule has 0 amide bonds. The molecule has 145 heavy (non-hydrogen) atoms. The van der Waals surface area contributed by atoms with E-state index in [1.165, 1.54) is 49.1 Å². The van der Waals surface area contributed by atoms with E-state index in [2.05, 4.69) is 84.1 Å². The van der Waals surface area contributed by atoms with E-state index in [1.54, 1.807) is 47.4 Å². The van der Waals surface area contributed by atoms with E-state index in [0.29, 0.717) is 45.0 Å². The number of thiazole rings is 5. The summed E-state index contributed by atoms with van der Waals surface area (Å²) in [5, 5.41) is 17.1. The van der Waals surface area contributed by atoms with Crippen LogP contribution in [0.1, 0.15) is 170 Å². The van der Waals surface area contributed by atoms with E-state index < -0.39 is 118 Å². The number of anilines is 8. The number of aromatic nitrogens is 5. The number of sulfonamides is 5. The van der Waals surface area contributed by atoms with E-state index >= 15 is 0 Å². The molecule has 1 unspecified atom stereocenters. The molecule has 0 saturated heterocycles. The van der Waals surface area contributed by atoms with Gasteiger partial charge in [0.2, 0.25) is 0 Å². The lowest BCUT2D eigenvalue weighted by atomic mass is 9.89. The van der Waals surface area contributed by atoms with Crippen molar-refractivity contribution in [1.82, 2.24) is 49.4 Å². The molecule has 7 aliphatic carbocycles. The van der Waals surface area contributed by atoms with Gasteiger partial charge in [-0.15, -0.1) is 45.3 Å². The molecule has 0 bridgehead atoms. The summed E-state index contributed by atoms with van der Waals surface area (Å²) in [6, 6.07) is 12.2. The molecule has 10 aromatic rings. The molecular formula is C93H116Cl4F8N18O12S10. The van der Waals surface area contributed by atoms with Gasteiger partial charge in [-0.05, 0) is 252 Å². The minimum atomic E-state index is -4.41. The largest absolute Gasteiger partial charge is 0.488 e. The standard InChI is InChI=1S/2C20H26FN3O3S2.C18H19ClF4N4O2S2.C18H24ClFN4O2S2.C17H21Cl2FN4O2S2/c2*1-24(2)16-5-3-4-6-17(16)27-18-12-15(21)19(11-14(18)13-7-8-13)29(25,26)23-20-22-9-10-28-20;1-27(2)15-7-10(18(21,22)23)3-4-13(15)25-14-9-12(20)16(8-11(14)19)31(28,29)26-17-24-5-6-30-17;1-11-10-27-18(21-11)23-28(25,26)17-8-12(19)15(9-13(17)20)22-14-6-4-5-7-16(14)24(2)3;1-24(2)14-6-4-3-5-12(14)22-13-8-11(20)15(7-10(13)18)28(25,26)23-17-21-9-16(19)27-17/h2*9-13,16-17H,3-8H2,1-2H3,(H,22,23);3,5-6,8-9,13,15,25H,4,7H2,1-2H3,(H,24,26);8-10,14,16,22H,4-7H2,1-3H3,(H,21,23);7-9,12,14,22H,3-6H2,1-2H3,(H,21,23)/t16?,17-;16-,17-;13-,15-;14-,16-;12-,14-/m10000/s1. The summed E-state index contributed by atoms with van der Waals surface area (Å²) in [6.45, 7) is 1.75. The van der Waals surface area contributed by atoms with E-state index in [4.69, 9.17) is 55.9 Å².